The molecule has 20 heavy (non-hydrogen) atoms. The highest BCUT2D eigenvalue weighted by Crippen LogP contribution is 2.40. The molecular weight excluding hydrogens is 256 g/mol. The van der Waals surface area contributed by atoms with Gasteiger partial charge in [0.05, 0.1) is 20.8 Å². The first kappa shape index (κ1) is 14.9. The van der Waals surface area contributed by atoms with Crippen molar-refractivity contribution in [3.63, 3.8) is 0 Å². The Morgan fingerprint density at radius 3 is 2.45 bits per heavy atom. The predicted molar refractivity (Wildman–Crippen MR) is 78.9 cm³/mol. The zero-order valence-corrected chi connectivity index (χ0v) is 12.6. The lowest BCUT2D eigenvalue weighted by molar-refractivity contribution is 0.225. The molecule has 1 aliphatic heterocycles. The van der Waals surface area contributed by atoms with Crippen LogP contribution in [0, 0.1) is 0 Å². The largest absolute Gasteiger partial charge is 0.493 e. The van der Waals surface area contributed by atoms with Gasteiger partial charge in [-0.05, 0) is 13.0 Å². The molecule has 1 aromatic carbocycles. The smallest absolute Gasteiger partial charge is 0.203 e. The Labute approximate surface area is 120 Å². The number of ether oxygens (including phenoxy) is 3. The molecule has 0 bridgehead atoms. The first-order valence-corrected chi connectivity index (χ1v) is 7.09. The normalized spacial score (nSPS) is 15.9. The summed E-state index contributed by atoms with van der Waals surface area (Å²) in [5, 5.41) is 3.36. The average molecular weight is 280 g/mol. The molecule has 0 saturated carbocycles. The lowest BCUT2D eigenvalue weighted by atomic mass is 10.1. The van der Waals surface area contributed by atoms with Crippen molar-refractivity contribution in [2.75, 3.05) is 47.0 Å². The van der Waals surface area contributed by atoms with Gasteiger partial charge < -0.3 is 19.5 Å². The Morgan fingerprint density at radius 1 is 1.10 bits per heavy atom. The van der Waals surface area contributed by atoms with E-state index >= 15 is 0 Å². The van der Waals surface area contributed by atoms with Gasteiger partial charge in [-0.2, -0.15) is 0 Å². The van der Waals surface area contributed by atoms with Crippen LogP contribution in [0.4, 0.5) is 0 Å². The van der Waals surface area contributed by atoms with Gasteiger partial charge in [0, 0.05) is 38.3 Å². The SMILES string of the molecule is CCOc1c(CN2CCNCC2)ccc(OC)c1OC. The van der Waals surface area contributed by atoms with Crippen LogP contribution in [0.1, 0.15) is 12.5 Å². The van der Waals surface area contributed by atoms with Crippen LogP contribution in [0.25, 0.3) is 0 Å². The fraction of sp³-hybridized carbons (Fsp3) is 0.600. The van der Waals surface area contributed by atoms with Gasteiger partial charge in [0.2, 0.25) is 5.75 Å². The number of benzene rings is 1. The highest BCUT2D eigenvalue weighted by atomic mass is 16.5. The number of nitrogens with one attached hydrogen (secondary N) is 1. The minimum atomic E-state index is 0.609. The Hall–Kier alpha value is -1.46. The number of piperazine rings is 1. The molecule has 2 rings (SSSR count). The molecule has 1 aromatic rings. The molecule has 0 atom stereocenters. The second-order valence-corrected chi connectivity index (χ2v) is 4.75. The van der Waals surface area contributed by atoms with Gasteiger partial charge in [0.25, 0.3) is 0 Å². The summed E-state index contributed by atoms with van der Waals surface area (Å²) >= 11 is 0. The molecule has 0 radical (unpaired) electrons. The van der Waals surface area contributed by atoms with E-state index in [0.717, 1.165) is 44.0 Å². The van der Waals surface area contributed by atoms with E-state index in [2.05, 4.69) is 16.3 Å². The van der Waals surface area contributed by atoms with Crippen LogP contribution in [0.3, 0.4) is 0 Å². The minimum Gasteiger partial charge on any atom is -0.493 e. The number of rotatable bonds is 6. The fourth-order valence-electron chi connectivity index (χ4n) is 2.48. The molecule has 1 fully saturated rings. The van der Waals surface area contributed by atoms with Crippen LogP contribution in [-0.2, 0) is 6.54 Å². The third-order valence-electron chi connectivity index (χ3n) is 3.47. The summed E-state index contributed by atoms with van der Waals surface area (Å²) in [6.07, 6.45) is 0. The van der Waals surface area contributed by atoms with Gasteiger partial charge in [-0.1, -0.05) is 6.07 Å². The molecular formula is C15H24N2O3. The number of nitrogens with zero attached hydrogens (tertiary/aromatic N) is 1. The van der Waals surface area contributed by atoms with Crippen molar-refractivity contribution in [3.8, 4) is 17.2 Å². The van der Waals surface area contributed by atoms with Gasteiger partial charge in [-0.25, -0.2) is 0 Å². The van der Waals surface area contributed by atoms with Crippen molar-refractivity contribution in [3.05, 3.63) is 17.7 Å². The molecule has 0 amide bonds. The lowest BCUT2D eigenvalue weighted by Crippen LogP contribution is -2.42. The molecule has 5 heteroatoms. The zero-order valence-electron chi connectivity index (χ0n) is 12.6. The van der Waals surface area contributed by atoms with Crippen molar-refractivity contribution in [1.29, 1.82) is 0 Å². The van der Waals surface area contributed by atoms with Crippen LogP contribution in [-0.4, -0.2) is 51.9 Å². The Bertz CT molecular complexity index is 431. The highest BCUT2D eigenvalue weighted by Gasteiger charge is 2.19. The summed E-state index contributed by atoms with van der Waals surface area (Å²) < 4.78 is 16.6. The van der Waals surface area contributed by atoms with E-state index in [4.69, 9.17) is 14.2 Å². The highest BCUT2D eigenvalue weighted by molar-refractivity contribution is 5.55. The third-order valence-corrected chi connectivity index (χ3v) is 3.47. The minimum absolute atomic E-state index is 0.609. The van der Waals surface area contributed by atoms with Crippen molar-refractivity contribution in [2.45, 2.75) is 13.5 Å². The van der Waals surface area contributed by atoms with E-state index in [1.165, 1.54) is 0 Å². The van der Waals surface area contributed by atoms with Crippen molar-refractivity contribution >= 4 is 0 Å². The molecule has 0 aliphatic carbocycles. The zero-order chi connectivity index (χ0) is 14.4. The molecule has 0 spiro atoms. The van der Waals surface area contributed by atoms with Gasteiger partial charge in [0.1, 0.15) is 0 Å². The van der Waals surface area contributed by atoms with E-state index in [0.29, 0.717) is 18.1 Å². The topological polar surface area (TPSA) is 43.0 Å². The van der Waals surface area contributed by atoms with Crippen molar-refractivity contribution in [1.82, 2.24) is 10.2 Å². The van der Waals surface area contributed by atoms with Crippen LogP contribution in [0.5, 0.6) is 17.2 Å². The van der Waals surface area contributed by atoms with Crippen LogP contribution in [0.2, 0.25) is 0 Å². The maximum Gasteiger partial charge on any atom is 0.203 e. The molecule has 1 saturated heterocycles. The Morgan fingerprint density at radius 2 is 1.85 bits per heavy atom. The van der Waals surface area contributed by atoms with Crippen LogP contribution >= 0.6 is 0 Å². The monoisotopic (exact) mass is 280 g/mol. The molecule has 1 N–H and O–H groups in total. The first-order valence-electron chi connectivity index (χ1n) is 7.09. The quantitative estimate of drug-likeness (QED) is 0.855. The molecule has 112 valence electrons. The molecule has 5 nitrogen and oxygen atoms in total. The predicted octanol–water partition coefficient (Wildman–Crippen LogP) is 1.51. The van der Waals surface area contributed by atoms with E-state index in [9.17, 15) is 0 Å². The van der Waals surface area contributed by atoms with E-state index in [1.807, 2.05) is 13.0 Å². The van der Waals surface area contributed by atoms with Crippen LogP contribution in [0.15, 0.2) is 12.1 Å². The number of hydrogen-bond acceptors (Lipinski definition) is 5. The number of hydrogen-bond donors (Lipinski definition) is 1. The second-order valence-electron chi connectivity index (χ2n) is 4.75. The lowest BCUT2D eigenvalue weighted by Gasteiger charge is -2.28. The van der Waals surface area contributed by atoms with Gasteiger partial charge in [-0.3, -0.25) is 4.90 Å². The number of methoxy groups -OCH3 is 2. The molecule has 1 aliphatic rings. The Balaban J connectivity index is 2.25. The van der Waals surface area contributed by atoms with E-state index in [1.54, 1.807) is 14.2 Å². The van der Waals surface area contributed by atoms with E-state index in [-0.39, 0.29) is 0 Å². The second kappa shape index (κ2) is 7.36. The first-order chi connectivity index (χ1) is 9.80. The summed E-state index contributed by atoms with van der Waals surface area (Å²) in [6.45, 7) is 7.65. The maximum atomic E-state index is 5.80. The van der Waals surface area contributed by atoms with Gasteiger partial charge in [-0.15, -0.1) is 0 Å². The molecule has 0 unspecified atom stereocenters. The summed E-state index contributed by atoms with van der Waals surface area (Å²) in [5.41, 5.74) is 1.14. The summed E-state index contributed by atoms with van der Waals surface area (Å²) in [5.74, 6) is 2.19. The molecule has 1 heterocycles. The van der Waals surface area contributed by atoms with Gasteiger partial charge >= 0.3 is 0 Å². The summed E-state index contributed by atoms with van der Waals surface area (Å²) in [6, 6.07) is 4.01. The van der Waals surface area contributed by atoms with Crippen molar-refractivity contribution in [2.24, 2.45) is 0 Å². The van der Waals surface area contributed by atoms with E-state index < -0.39 is 0 Å². The van der Waals surface area contributed by atoms with Crippen molar-refractivity contribution < 1.29 is 14.2 Å². The summed E-state index contributed by atoms with van der Waals surface area (Å²) in [7, 11) is 3.29. The Kier molecular flexibility index (Phi) is 5.49. The fourth-order valence-corrected chi connectivity index (χ4v) is 2.48. The standard InChI is InChI=1S/C15H24N2O3/c1-4-20-14-12(11-17-9-7-16-8-10-17)5-6-13(18-2)15(14)19-3/h5-6,16H,4,7-11H2,1-3H3. The molecule has 0 aromatic heterocycles. The third kappa shape index (κ3) is 3.35. The maximum absolute atomic E-state index is 5.80. The van der Waals surface area contributed by atoms with Gasteiger partial charge in [0.15, 0.2) is 11.5 Å². The average Bonchev–Trinajstić information content (AvgIpc) is 2.49. The summed E-state index contributed by atoms with van der Waals surface area (Å²) in [4.78, 5) is 2.42. The van der Waals surface area contributed by atoms with Crippen LogP contribution < -0.4 is 19.5 Å².